The van der Waals surface area contributed by atoms with E-state index in [-0.39, 0.29) is 25.0 Å². The molecule has 0 aromatic heterocycles. The van der Waals surface area contributed by atoms with Crippen molar-refractivity contribution in [3.8, 4) is 5.75 Å². The van der Waals surface area contributed by atoms with Crippen molar-refractivity contribution >= 4 is 18.0 Å². The maximum atomic E-state index is 12.2. The van der Waals surface area contributed by atoms with Crippen LogP contribution in [0.5, 0.6) is 5.75 Å². The van der Waals surface area contributed by atoms with Gasteiger partial charge in [-0.3, -0.25) is 9.59 Å². The van der Waals surface area contributed by atoms with Gasteiger partial charge in [0.1, 0.15) is 5.75 Å². The van der Waals surface area contributed by atoms with Gasteiger partial charge in [-0.2, -0.15) is 0 Å². The number of nitrogens with one attached hydrogen (secondary N) is 1. The van der Waals surface area contributed by atoms with Crippen LogP contribution in [-0.4, -0.2) is 62.4 Å². The molecule has 0 unspecified atom stereocenters. The van der Waals surface area contributed by atoms with Gasteiger partial charge in [-0.05, 0) is 17.7 Å². The van der Waals surface area contributed by atoms with Gasteiger partial charge < -0.3 is 24.5 Å². The second-order valence-electron chi connectivity index (χ2n) is 6.59. The normalized spacial score (nSPS) is 13.8. The van der Waals surface area contributed by atoms with Crippen LogP contribution in [0, 0.1) is 0 Å². The first kappa shape index (κ1) is 21.3. The highest BCUT2D eigenvalue weighted by atomic mass is 16.6. The fourth-order valence-corrected chi connectivity index (χ4v) is 2.80. The second kappa shape index (κ2) is 11.6. The Hall–Kier alpha value is -3.39. The van der Waals surface area contributed by atoms with Gasteiger partial charge in [0.2, 0.25) is 0 Å². The lowest BCUT2D eigenvalue weighted by Crippen LogP contribution is -2.43. The van der Waals surface area contributed by atoms with Crippen molar-refractivity contribution < 1.29 is 23.9 Å². The zero-order valence-corrected chi connectivity index (χ0v) is 16.7. The minimum Gasteiger partial charge on any atom is -0.483 e. The molecule has 0 atom stereocenters. The summed E-state index contributed by atoms with van der Waals surface area (Å²) in [6, 6.07) is 16.8. The van der Waals surface area contributed by atoms with Crippen molar-refractivity contribution in [3.63, 3.8) is 0 Å². The molecule has 0 bridgehead atoms. The molecule has 1 N–H and O–H groups in total. The lowest BCUT2D eigenvalue weighted by molar-refractivity contribution is -0.137. The van der Waals surface area contributed by atoms with Crippen LogP contribution in [0.4, 0.5) is 0 Å². The van der Waals surface area contributed by atoms with Gasteiger partial charge in [-0.25, -0.2) is 0 Å². The Kier molecular flexibility index (Phi) is 8.23. The number of oxime groups is 1. The van der Waals surface area contributed by atoms with E-state index in [9.17, 15) is 9.59 Å². The predicted octanol–water partition coefficient (Wildman–Crippen LogP) is 1.59. The number of hydrogen-bond acceptors (Lipinski definition) is 6. The van der Waals surface area contributed by atoms with Gasteiger partial charge in [0.05, 0.1) is 19.4 Å². The minimum atomic E-state index is -0.267. The number of ether oxygens (including phenoxy) is 2. The lowest BCUT2D eigenvalue weighted by Gasteiger charge is -2.26. The standard InChI is InChI=1S/C22H25N3O5/c26-21(23-14-18-6-2-1-3-7-18)16-30-24-15-19-8-4-5-9-20(19)29-17-22(27)25-10-12-28-13-11-25/h1-9,15H,10-14,16-17H2,(H,23,26). The number of nitrogens with zero attached hydrogens (tertiary/aromatic N) is 2. The van der Waals surface area contributed by atoms with Crippen LogP contribution in [0.15, 0.2) is 59.8 Å². The van der Waals surface area contributed by atoms with Crippen molar-refractivity contribution in [1.29, 1.82) is 0 Å². The molecule has 30 heavy (non-hydrogen) atoms. The molecular weight excluding hydrogens is 386 g/mol. The summed E-state index contributed by atoms with van der Waals surface area (Å²) in [5, 5.41) is 6.60. The molecule has 8 nitrogen and oxygen atoms in total. The number of carbonyl (C=O) groups excluding carboxylic acids is 2. The highest BCUT2D eigenvalue weighted by Crippen LogP contribution is 2.16. The molecule has 0 saturated carbocycles. The summed E-state index contributed by atoms with van der Waals surface area (Å²) in [5.74, 6) is 0.160. The Labute approximate surface area is 175 Å². The average Bonchev–Trinajstić information content (AvgIpc) is 2.81. The smallest absolute Gasteiger partial charge is 0.261 e. The van der Waals surface area contributed by atoms with Gasteiger partial charge in [0.15, 0.2) is 13.2 Å². The van der Waals surface area contributed by atoms with E-state index >= 15 is 0 Å². The van der Waals surface area contributed by atoms with Gasteiger partial charge in [-0.15, -0.1) is 0 Å². The number of morpholine rings is 1. The molecule has 1 saturated heterocycles. The van der Waals surface area contributed by atoms with E-state index in [1.807, 2.05) is 42.5 Å². The first-order valence-corrected chi connectivity index (χ1v) is 9.75. The van der Waals surface area contributed by atoms with Crippen LogP contribution in [0.25, 0.3) is 0 Å². The van der Waals surface area contributed by atoms with Crippen LogP contribution in [0.1, 0.15) is 11.1 Å². The van der Waals surface area contributed by atoms with Crippen LogP contribution < -0.4 is 10.1 Å². The quantitative estimate of drug-likeness (QED) is 0.500. The molecule has 3 rings (SSSR count). The first-order chi connectivity index (χ1) is 14.7. The Balaban J connectivity index is 1.42. The summed E-state index contributed by atoms with van der Waals surface area (Å²) in [6.07, 6.45) is 1.46. The van der Waals surface area contributed by atoms with E-state index in [1.54, 1.807) is 17.0 Å². The van der Waals surface area contributed by atoms with Crippen LogP contribution >= 0.6 is 0 Å². The van der Waals surface area contributed by atoms with E-state index in [1.165, 1.54) is 6.21 Å². The van der Waals surface area contributed by atoms with E-state index in [0.717, 1.165) is 5.56 Å². The minimum absolute atomic E-state index is 0.0619. The lowest BCUT2D eigenvalue weighted by atomic mass is 10.2. The molecule has 0 radical (unpaired) electrons. The molecule has 0 aliphatic carbocycles. The maximum Gasteiger partial charge on any atom is 0.261 e. The monoisotopic (exact) mass is 411 g/mol. The number of rotatable bonds is 9. The van der Waals surface area contributed by atoms with E-state index in [2.05, 4.69) is 10.5 Å². The summed E-state index contributed by atoms with van der Waals surface area (Å²) < 4.78 is 10.9. The number of para-hydroxylation sites is 1. The van der Waals surface area contributed by atoms with E-state index in [4.69, 9.17) is 14.3 Å². The van der Waals surface area contributed by atoms with E-state index < -0.39 is 0 Å². The van der Waals surface area contributed by atoms with Crippen LogP contribution in [-0.2, 0) is 25.7 Å². The van der Waals surface area contributed by atoms with Crippen LogP contribution in [0.3, 0.4) is 0 Å². The molecule has 2 aromatic rings. The molecule has 158 valence electrons. The van der Waals surface area contributed by atoms with Crippen molar-refractivity contribution in [3.05, 3.63) is 65.7 Å². The number of benzene rings is 2. The zero-order valence-electron chi connectivity index (χ0n) is 16.7. The fraction of sp³-hybridized carbons (Fsp3) is 0.318. The molecule has 1 heterocycles. The molecule has 2 amide bonds. The third-order valence-electron chi connectivity index (χ3n) is 4.43. The van der Waals surface area contributed by atoms with Gasteiger partial charge in [0.25, 0.3) is 11.8 Å². The largest absolute Gasteiger partial charge is 0.483 e. The molecule has 8 heteroatoms. The van der Waals surface area contributed by atoms with Crippen LogP contribution in [0.2, 0.25) is 0 Å². The van der Waals surface area contributed by atoms with Gasteiger partial charge in [-0.1, -0.05) is 47.6 Å². The Bertz CT molecular complexity index is 851. The highest BCUT2D eigenvalue weighted by Gasteiger charge is 2.17. The summed E-state index contributed by atoms with van der Waals surface area (Å²) >= 11 is 0. The number of carbonyl (C=O) groups is 2. The van der Waals surface area contributed by atoms with E-state index in [0.29, 0.717) is 44.2 Å². The molecule has 0 spiro atoms. The summed E-state index contributed by atoms with van der Waals surface area (Å²) in [6.45, 7) is 2.42. The molecule has 1 aliphatic rings. The summed E-state index contributed by atoms with van der Waals surface area (Å²) in [5.41, 5.74) is 1.66. The van der Waals surface area contributed by atoms with Gasteiger partial charge in [0, 0.05) is 25.2 Å². The zero-order chi connectivity index (χ0) is 21.0. The van der Waals surface area contributed by atoms with Crippen molar-refractivity contribution in [1.82, 2.24) is 10.2 Å². The molecule has 1 fully saturated rings. The Morgan fingerprint density at radius 1 is 1.03 bits per heavy atom. The summed E-state index contributed by atoms with van der Waals surface area (Å²) in [7, 11) is 0. The van der Waals surface area contributed by atoms with Crippen molar-refractivity contribution in [2.45, 2.75) is 6.54 Å². The Morgan fingerprint density at radius 3 is 2.57 bits per heavy atom. The molecular formula is C22H25N3O5. The number of hydrogen-bond donors (Lipinski definition) is 1. The topological polar surface area (TPSA) is 89.5 Å². The third-order valence-corrected chi connectivity index (χ3v) is 4.43. The Morgan fingerprint density at radius 2 is 1.77 bits per heavy atom. The predicted molar refractivity (Wildman–Crippen MR) is 111 cm³/mol. The second-order valence-corrected chi connectivity index (χ2v) is 6.59. The molecule has 2 aromatic carbocycles. The van der Waals surface area contributed by atoms with Crippen molar-refractivity contribution in [2.24, 2.45) is 5.16 Å². The fourth-order valence-electron chi connectivity index (χ4n) is 2.80. The first-order valence-electron chi connectivity index (χ1n) is 9.75. The summed E-state index contributed by atoms with van der Waals surface area (Å²) in [4.78, 5) is 30.9. The highest BCUT2D eigenvalue weighted by molar-refractivity contribution is 5.84. The van der Waals surface area contributed by atoms with Crippen molar-refractivity contribution in [2.75, 3.05) is 39.5 Å². The van der Waals surface area contributed by atoms with Gasteiger partial charge >= 0.3 is 0 Å². The SMILES string of the molecule is O=C(CON=Cc1ccccc1OCC(=O)N1CCOCC1)NCc1ccccc1. The molecule has 1 aliphatic heterocycles. The number of amides is 2. The maximum absolute atomic E-state index is 12.2. The average molecular weight is 411 g/mol. The third kappa shape index (κ3) is 6.89.